The lowest BCUT2D eigenvalue weighted by Gasteiger charge is -2.02. The number of allylic oxidation sites excluding steroid dienone is 1. The van der Waals surface area contributed by atoms with Crippen molar-refractivity contribution in [2.75, 3.05) is 0 Å². The number of nitrogens with one attached hydrogen (secondary N) is 1. The molecule has 0 radical (unpaired) electrons. The van der Waals surface area contributed by atoms with Crippen molar-refractivity contribution in [2.45, 2.75) is 97.3 Å². The fourth-order valence-electron chi connectivity index (χ4n) is 2.29. The first-order valence-corrected chi connectivity index (χ1v) is 8.75. The topological polar surface area (TPSA) is 29.1 Å². The van der Waals surface area contributed by atoms with Crippen molar-refractivity contribution in [1.29, 1.82) is 0 Å². The molecule has 0 saturated heterocycles. The van der Waals surface area contributed by atoms with Gasteiger partial charge in [-0.3, -0.25) is 4.79 Å². The van der Waals surface area contributed by atoms with Crippen LogP contribution in [-0.4, -0.2) is 5.91 Å². The largest absolute Gasteiger partial charge is 0.333 e. The normalized spacial score (nSPS) is 11.1. The molecule has 0 aromatic carbocycles. The monoisotopic (exact) mass is 281 g/mol. The predicted octanol–water partition coefficient (Wildman–Crippen LogP) is 5.73. The van der Waals surface area contributed by atoms with Crippen LogP contribution in [-0.2, 0) is 4.79 Å². The van der Waals surface area contributed by atoms with Crippen molar-refractivity contribution in [1.82, 2.24) is 5.32 Å². The maximum Gasteiger partial charge on any atom is 0.223 e. The summed E-state index contributed by atoms with van der Waals surface area (Å²) < 4.78 is 0. The molecule has 0 aromatic rings. The number of carbonyl (C=O) groups is 1. The average Bonchev–Trinajstić information content (AvgIpc) is 2.45. The van der Waals surface area contributed by atoms with Gasteiger partial charge in [0.1, 0.15) is 0 Å². The molecule has 118 valence electrons. The summed E-state index contributed by atoms with van der Waals surface area (Å²) in [4.78, 5) is 11.4. The molecular weight excluding hydrogens is 246 g/mol. The molecule has 2 nitrogen and oxygen atoms in total. The Morgan fingerprint density at radius 2 is 1.30 bits per heavy atom. The third-order valence-corrected chi connectivity index (χ3v) is 3.61. The van der Waals surface area contributed by atoms with E-state index in [1.54, 1.807) is 6.20 Å². The Morgan fingerprint density at radius 1 is 0.800 bits per heavy atom. The van der Waals surface area contributed by atoms with E-state index in [0.29, 0.717) is 6.42 Å². The van der Waals surface area contributed by atoms with Crippen LogP contribution in [0.15, 0.2) is 12.3 Å². The van der Waals surface area contributed by atoms with E-state index in [1.165, 1.54) is 64.2 Å². The molecule has 0 fully saturated rings. The standard InChI is InChI=1S/C18H35NO/c1-3-5-7-8-9-10-11-12-13-14-15-16-18(20)19-17-6-4-2/h6,17H,3-5,7-16H2,1-2H3,(H,19,20). The molecule has 0 aromatic heterocycles. The average molecular weight is 281 g/mol. The zero-order chi connectivity index (χ0) is 14.9. The molecule has 1 amide bonds. The van der Waals surface area contributed by atoms with Gasteiger partial charge >= 0.3 is 0 Å². The zero-order valence-electron chi connectivity index (χ0n) is 13.8. The lowest BCUT2D eigenvalue weighted by molar-refractivity contribution is -0.120. The summed E-state index contributed by atoms with van der Waals surface area (Å²) in [6, 6.07) is 0. The van der Waals surface area contributed by atoms with E-state index in [0.717, 1.165) is 12.8 Å². The molecule has 0 rings (SSSR count). The summed E-state index contributed by atoms with van der Waals surface area (Å²) >= 11 is 0. The first-order chi connectivity index (χ1) is 9.81. The van der Waals surface area contributed by atoms with Crippen LogP contribution < -0.4 is 5.32 Å². The second-order valence-electron chi connectivity index (χ2n) is 5.66. The molecule has 0 bridgehead atoms. The number of hydrogen-bond acceptors (Lipinski definition) is 1. The van der Waals surface area contributed by atoms with Crippen molar-refractivity contribution < 1.29 is 4.79 Å². The van der Waals surface area contributed by atoms with Gasteiger partial charge in [0.15, 0.2) is 0 Å². The van der Waals surface area contributed by atoms with Crippen LogP contribution in [0.1, 0.15) is 97.3 Å². The fraction of sp³-hybridized carbons (Fsp3) is 0.833. The molecule has 0 spiro atoms. The van der Waals surface area contributed by atoms with E-state index in [2.05, 4.69) is 19.2 Å². The number of unbranched alkanes of at least 4 members (excludes halogenated alkanes) is 10. The minimum absolute atomic E-state index is 0.158. The third kappa shape index (κ3) is 15.3. The predicted molar refractivity (Wildman–Crippen MR) is 88.7 cm³/mol. The molecule has 0 unspecified atom stereocenters. The van der Waals surface area contributed by atoms with Gasteiger partial charge in [0.25, 0.3) is 0 Å². The van der Waals surface area contributed by atoms with Gasteiger partial charge in [-0.1, -0.05) is 84.1 Å². The molecule has 0 aliphatic carbocycles. The SMILES string of the molecule is CCC=CNC(=O)CCCCCCCCCCCCC. The van der Waals surface area contributed by atoms with Gasteiger partial charge in [-0.25, -0.2) is 0 Å². The quantitative estimate of drug-likeness (QED) is 0.405. The zero-order valence-corrected chi connectivity index (χ0v) is 13.8. The molecule has 0 aliphatic heterocycles. The van der Waals surface area contributed by atoms with E-state index in [9.17, 15) is 4.79 Å². The van der Waals surface area contributed by atoms with Gasteiger partial charge < -0.3 is 5.32 Å². The van der Waals surface area contributed by atoms with Crippen LogP contribution in [0.5, 0.6) is 0 Å². The molecule has 0 saturated carbocycles. The Kier molecular flexibility index (Phi) is 15.6. The van der Waals surface area contributed by atoms with Gasteiger partial charge in [-0.05, 0) is 19.0 Å². The minimum Gasteiger partial charge on any atom is -0.333 e. The van der Waals surface area contributed by atoms with Crippen LogP contribution >= 0.6 is 0 Å². The van der Waals surface area contributed by atoms with Crippen LogP contribution in [0.4, 0.5) is 0 Å². The molecule has 0 aliphatic rings. The van der Waals surface area contributed by atoms with Gasteiger partial charge in [0.2, 0.25) is 5.91 Å². The Morgan fingerprint density at radius 3 is 1.80 bits per heavy atom. The second-order valence-corrected chi connectivity index (χ2v) is 5.66. The third-order valence-electron chi connectivity index (χ3n) is 3.61. The summed E-state index contributed by atoms with van der Waals surface area (Å²) in [6.45, 7) is 4.33. The summed E-state index contributed by atoms with van der Waals surface area (Å²) in [6.07, 6.45) is 20.0. The Balaban J connectivity index is 3.12. The smallest absolute Gasteiger partial charge is 0.223 e. The summed E-state index contributed by atoms with van der Waals surface area (Å²) in [5.41, 5.74) is 0. The molecule has 20 heavy (non-hydrogen) atoms. The fourth-order valence-corrected chi connectivity index (χ4v) is 2.29. The van der Waals surface area contributed by atoms with E-state index in [-0.39, 0.29) is 5.91 Å². The molecular formula is C18H35NO. The maximum atomic E-state index is 11.4. The summed E-state index contributed by atoms with van der Waals surface area (Å²) in [5, 5.41) is 2.80. The van der Waals surface area contributed by atoms with Crippen molar-refractivity contribution in [3.05, 3.63) is 12.3 Å². The Bertz CT molecular complexity index is 236. The maximum absolute atomic E-state index is 11.4. The summed E-state index contributed by atoms with van der Waals surface area (Å²) in [7, 11) is 0. The van der Waals surface area contributed by atoms with Crippen molar-refractivity contribution in [3.63, 3.8) is 0 Å². The highest BCUT2D eigenvalue weighted by Crippen LogP contribution is 2.11. The molecule has 0 atom stereocenters. The second kappa shape index (κ2) is 16.3. The highest BCUT2D eigenvalue weighted by Gasteiger charge is 1.98. The van der Waals surface area contributed by atoms with Crippen LogP contribution in [0.3, 0.4) is 0 Å². The molecule has 2 heteroatoms. The van der Waals surface area contributed by atoms with Gasteiger partial charge in [0, 0.05) is 6.42 Å². The van der Waals surface area contributed by atoms with E-state index < -0.39 is 0 Å². The van der Waals surface area contributed by atoms with E-state index in [4.69, 9.17) is 0 Å². The highest BCUT2D eigenvalue weighted by molar-refractivity contribution is 5.76. The van der Waals surface area contributed by atoms with Gasteiger partial charge in [0.05, 0.1) is 0 Å². The first-order valence-electron chi connectivity index (χ1n) is 8.75. The first kappa shape index (κ1) is 19.2. The lowest BCUT2D eigenvalue weighted by Crippen LogP contribution is -2.16. The minimum atomic E-state index is 0.158. The van der Waals surface area contributed by atoms with Crippen LogP contribution in [0.25, 0.3) is 0 Å². The van der Waals surface area contributed by atoms with Crippen molar-refractivity contribution >= 4 is 5.91 Å². The van der Waals surface area contributed by atoms with E-state index >= 15 is 0 Å². The Hall–Kier alpha value is -0.790. The van der Waals surface area contributed by atoms with Crippen molar-refractivity contribution in [3.8, 4) is 0 Å². The number of rotatable bonds is 14. The van der Waals surface area contributed by atoms with Crippen molar-refractivity contribution in [2.24, 2.45) is 0 Å². The highest BCUT2D eigenvalue weighted by atomic mass is 16.1. The summed E-state index contributed by atoms with van der Waals surface area (Å²) in [5.74, 6) is 0.158. The van der Waals surface area contributed by atoms with Gasteiger partial charge in [-0.15, -0.1) is 0 Å². The Labute approximate surface area is 126 Å². The lowest BCUT2D eigenvalue weighted by atomic mass is 10.1. The number of hydrogen-bond donors (Lipinski definition) is 1. The van der Waals surface area contributed by atoms with Crippen LogP contribution in [0, 0.1) is 0 Å². The number of carbonyl (C=O) groups excluding carboxylic acids is 1. The molecule has 1 N–H and O–H groups in total. The van der Waals surface area contributed by atoms with Crippen LogP contribution in [0.2, 0.25) is 0 Å². The molecule has 0 heterocycles. The number of amides is 1. The van der Waals surface area contributed by atoms with E-state index in [1.807, 2.05) is 6.08 Å². The van der Waals surface area contributed by atoms with Gasteiger partial charge in [-0.2, -0.15) is 0 Å².